The Morgan fingerprint density at radius 3 is 2.41 bits per heavy atom. The van der Waals surface area contributed by atoms with E-state index in [-0.39, 0.29) is 5.91 Å². The van der Waals surface area contributed by atoms with Crippen molar-refractivity contribution >= 4 is 21.6 Å². The van der Waals surface area contributed by atoms with Gasteiger partial charge in [0.1, 0.15) is 0 Å². The third-order valence-corrected chi connectivity index (χ3v) is 5.17. The highest BCUT2D eigenvalue weighted by atomic mass is 32.2. The van der Waals surface area contributed by atoms with Crippen LogP contribution < -0.4 is 4.72 Å². The number of carbonyl (C=O) groups excluding carboxylic acids is 1. The minimum Gasteiger partial charge on any atom is -0.337 e. The van der Waals surface area contributed by atoms with Crippen LogP contribution in [-0.2, 0) is 16.6 Å². The standard InChI is InChI=1S/C20H25N3O3S/c1-27(25,26)21-19-11-6-5-10-18(19)20(24)23-13-7-12-22(14-15-23)16-17-8-3-2-4-9-17/h2-6,8-11,21H,7,12-16H2,1H3. The molecule has 0 unspecified atom stereocenters. The second-order valence-electron chi connectivity index (χ2n) is 6.83. The maximum Gasteiger partial charge on any atom is 0.256 e. The van der Waals surface area contributed by atoms with Gasteiger partial charge in [0.05, 0.1) is 17.5 Å². The first-order valence-electron chi connectivity index (χ1n) is 9.05. The molecule has 1 amide bonds. The minimum atomic E-state index is -3.44. The van der Waals surface area contributed by atoms with Gasteiger partial charge in [-0.25, -0.2) is 8.42 Å². The van der Waals surface area contributed by atoms with Crippen LogP contribution in [0.5, 0.6) is 0 Å². The Bertz CT molecular complexity index is 884. The summed E-state index contributed by atoms with van der Waals surface area (Å²) in [6.07, 6.45) is 1.97. The topological polar surface area (TPSA) is 69.7 Å². The van der Waals surface area contributed by atoms with Crippen LogP contribution in [0, 0.1) is 0 Å². The van der Waals surface area contributed by atoms with Crippen LogP contribution in [-0.4, -0.2) is 56.6 Å². The number of benzene rings is 2. The molecule has 0 spiro atoms. The molecule has 0 atom stereocenters. The lowest BCUT2D eigenvalue weighted by atomic mass is 10.1. The first-order chi connectivity index (χ1) is 12.9. The molecule has 3 rings (SSSR count). The largest absolute Gasteiger partial charge is 0.337 e. The molecule has 2 aromatic carbocycles. The van der Waals surface area contributed by atoms with Gasteiger partial charge in [0.25, 0.3) is 5.91 Å². The van der Waals surface area contributed by atoms with E-state index < -0.39 is 10.0 Å². The number of hydrogen-bond acceptors (Lipinski definition) is 4. The molecule has 0 aromatic heterocycles. The van der Waals surface area contributed by atoms with Gasteiger partial charge in [-0.15, -0.1) is 0 Å². The molecule has 7 heteroatoms. The van der Waals surface area contributed by atoms with Crippen molar-refractivity contribution in [3.63, 3.8) is 0 Å². The predicted octanol–water partition coefficient (Wildman–Crippen LogP) is 2.41. The van der Waals surface area contributed by atoms with Crippen molar-refractivity contribution in [3.8, 4) is 0 Å². The summed E-state index contributed by atoms with van der Waals surface area (Å²) in [6.45, 7) is 3.88. The Hall–Kier alpha value is -2.38. The van der Waals surface area contributed by atoms with Gasteiger partial charge in [0.2, 0.25) is 10.0 Å². The van der Waals surface area contributed by atoms with Crippen molar-refractivity contribution in [1.82, 2.24) is 9.80 Å². The lowest BCUT2D eigenvalue weighted by Crippen LogP contribution is -2.35. The molecule has 6 nitrogen and oxygen atoms in total. The molecule has 1 saturated heterocycles. The van der Waals surface area contributed by atoms with Crippen LogP contribution in [0.15, 0.2) is 54.6 Å². The molecule has 1 fully saturated rings. The number of hydrogen-bond donors (Lipinski definition) is 1. The molecular weight excluding hydrogens is 362 g/mol. The molecule has 0 bridgehead atoms. The SMILES string of the molecule is CS(=O)(=O)Nc1ccccc1C(=O)N1CCCN(Cc2ccccc2)CC1. The third kappa shape index (κ3) is 5.55. The number of rotatable bonds is 5. The van der Waals surface area contributed by atoms with E-state index in [0.717, 1.165) is 32.3 Å². The predicted molar refractivity (Wildman–Crippen MR) is 107 cm³/mol. The van der Waals surface area contributed by atoms with E-state index in [1.165, 1.54) is 5.56 Å². The molecule has 0 radical (unpaired) electrons. The monoisotopic (exact) mass is 387 g/mol. The molecule has 1 aliphatic heterocycles. The summed E-state index contributed by atoms with van der Waals surface area (Å²) in [5.41, 5.74) is 1.98. The Morgan fingerprint density at radius 2 is 1.67 bits per heavy atom. The quantitative estimate of drug-likeness (QED) is 0.855. The van der Waals surface area contributed by atoms with E-state index in [1.807, 2.05) is 23.1 Å². The normalized spacial score (nSPS) is 16.0. The summed E-state index contributed by atoms with van der Waals surface area (Å²) >= 11 is 0. The number of nitrogens with one attached hydrogen (secondary N) is 1. The van der Waals surface area contributed by atoms with E-state index in [4.69, 9.17) is 0 Å². The zero-order valence-electron chi connectivity index (χ0n) is 15.5. The van der Waals surface area contributed by atoms with Gasteiger partial charge in [-0.3, -0.25) is 14.4 Å². The molecule has 1 N–H and O–H groups in total. The number of para-hydroxylation sites is 1. The Kier molecular flexibility index (Phi) is 6.13. The number of amides is 1. The Labute approximate surface area is 160 Å². The molecule has 1 aliphatic rings. The fraction of sp³-hybridized carbons (Fsp3) is 0.350. The fourth-order valence-corrected chi connectivity index (χ4v) is 3.88. The molecular formula is C20H25N3O3S. The van der Waals surface area contributed by atoms with Crippen LogP contribution in [0.2, 0.25) is 0 Å². The summed E-state index contributed by atoms with van der Waals surface area (Å²) in [5.74, 6) is -0.136. The van der Waals surface area contributed by atoms with E-state index in [9.17, 15) is 13.2 Å². The molecule has 0 saturated carbocycles. The molecule has 2 aromatic rings. The van der Waals surface area contributed by atoms with E-state index in [2.05, 4.69) is 21.8 Å². The van der Waals surface area contributed by atoms with E-state index in [1.54, 1.807) is 24.3 Å². The van der Waals surface area contributed by atoms with Gasteiger partial charge in [-0.05, 0) is 24.1 Å². The average Bonchev–Trinajstić information content (AvgIpc) is 2.87. The fourth-order valence-electron chi connectivity index (χ4n) is 3.30. The highest BCUT2D eigenvalue weighted by Crippen LogP contribution is 2.19. The van der Waals surface area contributed by atoms with Crippen molar-refractivity contribution in [2.24, 2.45) is 0 Å². The first kappa shape index (κ1) is 19.4. The van der Waals surface area contributed by atoms with Gasteiger partial charge in [0.15, 0.2) is 0 Å². The number of nitrogens with zero attached hydrogens (tertiary/aromatic N) is 2. The zero-order chi connectivity index (χ0) is 19.3. The second-order valence-corrected chi connectivity index (χ2v) is 8.58. The van der Waals surface area contributed by atoms with Crippen LogP contribution in [0.4, 0.5) is 5.69 Å². The first-order valence-corrected chi connectivity index (χ1v) is 10.9. The van der Waals surface area contributed by atoms with Crippen molar-refractivity contribution in [2.75, 3.05) is 37.2 Å². The number of carbonyl (C=O) groups is 1. The Balaban J connectivity index is 1.68. The van der Waals surface area contributed by atoms with Gasteiger partial charge >= 0.3 is 0 Å². The van der Waals surface area contributed by atoms with E-state index in [0.29, 0.717) is 24.3 Å². The smallest absolute Gasteiger partial charge is 0.256 e. The number of sulfonamides is 1. The van der Waals surface area contributed by atoms with Gasteiger partial charge < -0.3 is 4.90 Å². The van der Waals surface area contributed by atoms with Crippen LogP contribution in [0.3, 0.4) is 0 Å². The molecule has 1 heterocycles. The van der Waals surface area contributed by atoms with E-state index >= 15 is 0 Å². The van der Waals surface area contributed by atoms with Crippen LogP contribution >= 0.6 is 0 Å². The zero-order valence-corrected chi connectivity index (χ0v) is 16.3. The van der Waals surface area contributed by atoms with Crippen molar-refractivity contribution < 1.29 is 13.2 Å². The lowest BCUT2D eigenvalue weighted by Gasteiger charge is -2.23. The van der Waals surface area contributed by atoms with Crippen molar-refractivity contribution in [1.29, 1.82) is 0 Å². The highest BCUT2D eigenvalue weighted by molar-refractivity contribution is 7.92. The average molecular weight is 388 g/mol. The van der Waals surface area contributed by atoms with Gasteiger partial charge in [0, 0.05) is 32.7 Å². The maximum atomic E-state index is 13.0. The summed E-state index contributed by atoms with van der Waals surface area (Å²) < 4.78 is 25.6. The second kappa shape index (κ2) is 8.54. The highest BCUT2D eigenvalue weighted by Gasteiger charge is 2.23. The molecule has 0 aliphatic carbocycles. The maximum absolute atomic E-state index is 13.0. The minimum absolute atomic E-state index is 0.136. The van der Waals surface area contributed by atoms with Crippen LogP contribution in [0.25, 0.3) is 0 Å². The third-order valence-electron chi connectivity index (χ3n) is 4.58. The lowest BCUT2D eigenvalue weighted by molar-refractivity contribution is 0.0762. The number of anilines is 1. The van der Waals surface area contributed by atoms with Gasteiger partial charge in [-0.2, -0.15) is 0 Å². The summed E-state index contributed by atoms with van der Waals surface area (Å²) in [4.78, 5) is 17.2. The van der Waals surface area contributed by atoms with Crippen molar-refractivity contribution in [2.45, 2.75) is 13.0 Å². The van der Waals surface area contributed by atoms with Gasteiger partial charge in [-0.1, -0.05) is 42.5 Å². The molecule has 27 heavy (non-hydrogen) atoms. The Morgan fingerprint density at radius 1 is 0.963 bits per heavy atom. The summed E-state index contributed by atoms with van der Waals surface area (Å²) in [5, 5.41) is 0. The van der Waals surface area contributed by atoms with Crippen molar-refractivity contribution in [3.05, 3.63) is 65.7 Å². The molecule has 144 valence electrons. The summed E-state index contributed by atoms with van der Waals surface area (Å²) in [6, 6.07) is 17.1. The summed E-state index contributed by atoms with van der Waals surface area (Å²) in [7, 11) is -3.44. The van der Waals surface area contributed by atoms with Crippen LogP contribution in [0.1, 0.15) is 22.3 Å².